The Morgan fingerprint density at radius 1 is 1.19 bits per heavy atom. The predicted octanol–water partition coefficient (Wildman–Crippen LogP) is 1.51. The molecule has 1 heterocycles. The second kappa shape index (κ2) is 8.11. The summed E-state index contributed by atoms with van der Waals surface area (Å²) in [6, 6.07) is 6.19. The van der Waals surface area contributed by atoms with E-state index in [0.717, 1.165) is 12.3 Å². The summed E-state index contributed by atoms with van der Waals surface area (Å²) in [6.45, 7) is -0.328. The predicted molar refractivity (Wildman–Crippen MR) is 86.6 cm³/mol. The van der Waals surface area contributed by atoms with Crippen LogP contribution >= 0.6 is 0 Å². The van der Waals surface area contributed by atoms with E-state index in [1.807, 2.05) is 0 Å². The highest BCUT2D eigenvalue weighted by Crippen LogP contribution is 2.28. The smallest absolute Gasteiger partial charge is 0.354 e. The Kier molecular flexibility index (Phi) is 6.32. The lowest BCUT2D eigenvalue weighted by Gasteiger charge is -2.12. The molecule has 2 aromatic rings. The minimum atomic E-state index is -4.56. The van der Waals surface area contributed by atoms with E-state index >= 15 is 0 Å². The number of hydrogen-bond donors (Lipinski definition) is 2. The molecule has 0 saturated carbocycles. The molecule has 1 atom stereocenters. The number of rotatable bonds is 7. The van der Waals surface area contributed by atoms with E-state index in [4.69, 9.17) is 0 Å². The summed E-state index contributed by atoms with van der Waals surface area (Å²) in [6.07, 6.45) is -2.62. The van der Waals surface area contributed by atoms with Crippen LogP contribution in [0.3, 0.4) is 0 Å². The van der Waals surface area contributed by atoms with Crippen LogP contribution in [0.2, 0.25) is 0 Å². The van der Waals surface area contributed by atoms with E-state index < -0.39 is 33.6 Å². The largest absolute Gasteiger partial charge is 0.417 e. The Bertz CT molecular complexity index is 857. The highest BCUT2D eigenvalue weighted by Gasteiger charge is 2.31. The molecule has 142 valence electrons. The minimum absolute atomic E-state index is 0.0816. The standard InChI is InChI=1S/C16H17F4N3O2S/c17-15-4-2-1-3-12(15)6-14(21)10-26(24,25)23-8-11-5-13(9-22-7-11)16(18,19)20/h1-5,7,9,14,23H,6,8,10,21H2/p+1/t14-/m1/s1. The van der Waals surface area contributed by atoms with E-state index in [-0.39, 0.29) is 24.3 Å². The molecule has 0 saturated heterocycles. The van der Waals surface area contributed by atoms with Gasteiger partial charge in [0.1, 0.15) is 17.6 Å². The summed E-state index contributed by atoms with van der Waals surface area (Å²) in [5.41, 5.74) is 3.19. The first-order valence-electron chi connectivity index (χ1n) is 7.62. The van der Waals surface area contributed by atoms with Crippen molar-refractivity contribution in [2.45, 2.75) is 25.2 Å². The molecule has 5 nitrogen and oxygen atoms in total. The van der Waals surface area contributed by atoms with Crippen molar-refractivity contribution in [2.75, 3.05) is 5.75 Å². The number of quaternary nitrogens is 1. The van der Waals surface area contributed by atoms with E-state index in [1.54, 1.807) is 12.1 Å². The first-order chi connectivity index (χ1) is 12.1. The molecule has 1 aromatic carbocycles. The molecule has 2 rings (SSSR count). The van der Waals surface area contributed by atoms with Gasteiger partial charge in [0.05, 0.1) is 5.56 Å². The van der Waals surface area contributed by atoms with Crippen molar-refractivity contribution >= 4 is 10.0 Å². The van der Waals surface area contributed by atoms with Crippen molar-refractivity contribution in [2.24, 2.45) is 0 Å². The number of nitrogens with one attached hydrogen (secondary N) is 1. The molecule has 0 fully saturated rings. The van der Waals surface area contributed by atoms with Crippen LogP contribution in [-0.2, 0) is 29.2 Å². The molecule has 0 radical (unpaired) electrons. The summed E-state index contributed by atoms with van der Waals surface area (Å²) >= 11 is 0. The quantitative estimate of drug-likeness (QED) is 0.701. The number of benzene rings is 1. The van der Waals surface area contributed by atoms with Crippen LogP contribution in [-0.4, -0.2) is 25.2 Å². The van der Waals surface area contributed by atoms with Crippen molar-refractivity contribution in [1.82, 2.24) is 9.71 Å². The Morgan fingerprint density at radius 2 is 1.88 bits per heavy atom. The van der Waals surface area contributed by atoms with E-state index in [2.05, 4.69) is 15.4 Å². The molecule has 0 aliphatic rings. The number of nitrogens with zero attached hydrogens (tertiary/aromatic N) is 1. The lowest BCUT2D eigenvalue weighted by molar-refractivity contribution is -0.411. The Morgan fingerprint density at radius 3 is 2.54 bits per heavy atom. The van der Waals surface area contributed by atoms with E-state index in [9.17, 15) is 26.0 Å². The molecule has 1 aromatic heterocycles. The Labute approximate surface area is 148 Å². The Hall–Kier alpha value is -2.04. The van der Waals surface area contributed by atoms with Crippen LogP contribution in [0.15, 0.2) is 42.7 Å². The topological polar surface area (TPSA) is 86.7 Å². The number of halogens is 4. The van der Waals surface area contributed by atoms with Crippen LogP contribution in [0, 0.1) is 5.82 Å². The molecule has 0 aliphatic carbocycles. The zero-order chi connectivity index (χ0) is 19.4. The van der Waals surface area contributed by atoms with Gasteiger partial charge in [-0.2, -0.15) is 13.2 Å². The normalized spacial score (nSPS) is 13.6. The first kappa shape index (κ1) is 20.3. The maximum atomic E-state index is 13.6. The average molecular weight is 392 g/mol. The highest BCUT2D eigenvalue weighted by molar-refractivity contribution is 7.89. The first-order valence-corrected chi connectivity index (χ1v) is 9.27. The van der Waals surface area contributed by atoms with Crippen LogP contribution < -0.4 is 10.5 Å². The summed E-state index contributed by atoms with van der Waals surface area (Å²) in [7, 11) is -3.80. The third-order valence-electron chi connectivity index (χ3n) is 3.54. The summed E-state index contributed by atoms with van der Waals surface area (Å²) < 4.78 is 77.9. The van der Waals surface area contributed by atoms with Crippen molar-refractivity contribution in [1.29, 1.82) is 0 Å². The number of pyridine rings is 1. The fourth-order valence-corrected chi connectivity index (χ4v) is 3.58. The number of hydrogen-bond acceptors (Lipinski definition) is 3. The van der Waals surface area contributed by atoms with Gasteiger partial charge < -0.3 is 5.73 Å². The molecule has 0 unspecified atom stereocenters. The van der Waals surface area contributed by atoms with Crippen LogP contribution in [0.5, 0.6) is 0 Å². The monoisotopic (exact) mass is 392 g/mol. The fourth-order valence-electron chi connectivity index (χ4n) is 2.34. The molecule has 4 N–H and O–H groups in total. The van der Waals surface area contributed by atoms with Gasteiger partial charge in [-0.1, -0.05) is 18.2 Å². The molecule has 0 aliphatic heterocycles. The molecule has 26 heavy (non-hydrogen) atoms. The van der Waals surface area contributed by atoms with E-state index in [0.29, 0.717) is 11.8 Å². The summed E-state index contributed by atoms with van der Waals surface area (Å²) in [4.78, 5) is 3.47. The molecule has 0 amide bonds. The second-order valence-corrected chi connectivity index (χ2v) is 7.70. The number of aromatic nitrogens is 1. The minimum Gasteiger partial charge on any atom is -0.354 e. The van der Waals surface area contributed by atoms with Gasteiger partial charge in [0.25, 0.3) is 0 Å². The van der Waals surface area contributed by atoms with Crippen LogP contribution in [0.1, 0.15) is 16.7 Å². The highest BCUT2D eigenvalue weighted by atomic mass is 32.2. The molecular formula is C16H18F4N3O2S+. The molecule has 0 bridgehead atoms. The van der Waals surface area contributed by atoms with Crippen molar-refractivity contribution in [3.8, 4) is 0 Å². The zero-order valence-electron chi connectivity index (χ0n) is 13.6. The summed E-state index contributed by atoms with van der Waals surface area (Å²) in [5, 5.41) is 0. The van der Waals surface area contributed by atoms with Crippen LogP contribution in [0.25, 0.3) is 0 Å². The lowest BCUT2D eigenvalue weighted by atomic mass is 10.1. The van der Waals surface area contributed by atoms with Crippen molar-refractivity contribution in [3.63, 3.8) is 0 Å². The number of sulfonamides is 1. The number of alkyl halides is 3. The van der Waals surface area contributed by atoms with Gasteiger partial charge in [-0.3, -0.25) is 4.98 Å². The van der Waals surface area contributed by atoms with Crippen molar-refractivity contribution in [3.05, 3.63) is 65.2 Å². The maximum Gasteiger partial charge on any atom is 0.417 e. The zero-order valence-corrected chi connectivity index (χ0v) is 14.4. The van der Waals surface area contributed by atoms with Gasteiger partial charge in [-0.15, -0.1) is 0 Å². The van der Waals surface area contributed by atoms with Gasteiger partial charge in [0.2, 0.25) is 10.0 Å². The lowest BCUT2D eigenvalue weighted by Crippen LogP contribution is -2.65. The van der Waals surface area contributed by atoms with Gasteiger partial charge in [-0.05, 0) is 23.3 Å². The van der Waals surface area contributed by atoms with Gasteiger partial charge in [0, 0.05) is 25.4 Å². The molecular weight excluding hydrogens is 374 g/mol. The summed E-state index contributed by atoms with van der Waals surface area (Å²) in [5.74, 6) is -0.824. The van der Waals surface area contributed by atoms with Gasteiger partial charge in [0.15, 0.2) is 0 Å². The second-order valence-electron chi connectivity index (χ2n) is 5.84. The van der Waals surface area contributed by atoms with E-state index in [1.165, 1.54) is 12.1 Å². The maximum absolute atomic E-state index is 13.6. The Balaban J connectivity index is 1.95. The van der Waals surface area contributed by atoms with Gasteiger partial charge >= 0.3 is 6.18 Å². The van der Waals surface area contributed by atoms with Crippen molar-refractivity contribution < 1.29 is 31.7 Å². The third kappa shape index (κ3) is 6.04. The molecule has 10 heteroatoms. The fraction of sp³-hybridized carbons (Fsp3) is 0.312. The van der Waals surface area contributed by atoms with Crippen LogP contribution in [0.4, 0.5) is 17.6 Å². The van der Waals surface area contributed by atoms with Gasteiger partial charge in [-0.25, -0.2) is 17.5 Å². The average Bonchev–Trinajstić information content (AvgIpc) is 2.54. The molecule has 0 spiro atoms. The SMILES string of the molecule is [NH3+][C@H](Cc1ccccc1F)CS(=O)(=O)NCc1cncc(C(F)(F)F)c1. The third-order valence-corrected chi connectivity index (χ3v) is 5.03.